The minimum absolute atomic E-state index is 0.433. The summed E-state index contributed by atoms with van der Waals surface area (Å²) >= 11 is 0. The molecule has 3 heterocycles. The number of fused-ring (bicyclic) bond motifs is 2. The van der Waals surface area contributed by atoms with E-state index in [1.807, 2.05) is 0 Å². The minimum atomic E-state index is 0.433. The van der Waals surface area contributed by atoms with Crippen LogP contribution in [-0.4, -0.2) is 41.8 Å². The van der Waals surface area contributed by atoms with Gasteiger partial charge < -0.3 is 10.5 Å². The summed E-state index contributed by atoms with van der Waals surface area (Å²) in [5.41, 5.74) is 6.09. The SMILES string of the molecule is CC1OCCC1N1C2CCC1CC(N)C2. The number of ether oxygens (including phenoxy) is 1. The second-order valence-corrected chi connectivity index (χ2v) is 5.50. The maximum Gasteiger partial charge on any atom is 0.0703 e. The molecule has 2 bridgehead atoms. The molecule has 0 spiro atoms. The second-order valence-electron chi connectivity index (χ2n) is 5.50. The van der Waals surface area contributed by atoms with Crippen LogP contribution >= 0.6 is 0 Å². The molecule has 3 saturated heterocycles. The first-order valence-corrected chi connectivity index (χ1v) is 6.40. The highest BCUT2D eigenvalue weighted by Gasteiger charge is 2.45. The zero-order valence-electron chi connectivity index (χ0n) is 9.56. The van der Waals surface area contributed by atoms with Gasteiger partial charge in [-0.15, -0.1) is 0 Å². The van der Waals surface area contributed by atoms with E-state index in [0.717, 1.165) is 18.7 Å². The molecule has 3 aliphatic rings. The molecule has 15 heavy (non-hydrogen) atoms. The largest absolute Gasteiger partial charge is 0.377 e. The standard InChI is InChI=1S/C12H22N2O/c1-8-12(4-5-15-8)14-10-2-3-11(14)7-9(13)6-10/h8-12H,2-7,13H2,1H3. The Morgan fingerprint density at radius 3 is 2.33 bits per heavy atom. The molecule has 3 rings (SSSR count). The molecule has 0 aromatic carbocycles. The molecule has 3 nitrogen and oxygen atoms in total. The molecule has 0 aromatic rings. The number of piperidine rings is 1. The average Bonchev–Trinajstić information content (AvgIpc) is 2.69. The first-order chi connectivity index (χ1) is 7.25. The van der Waals surface area contributed by atoms with Crippen molar-refractivity contribution in [2.75, 3.05) is 6.61 Å². The Labute approximate surface area is 91.9 Å². The molecular weight excluding hydrogens is 188 g/mol. The van der Waals surface area contributed by atoms with Crippen LogP contribution in [0.15, 0.2) is 0 Å². The quantitative estimate of drug-likeness (QED) is 0.705. The van der Waals surface area contributed by atoms with Crippen molar-refractivity contribution < 1.29 is 4.74 Å². The Bertz CT molecular complexity index is 232. The fraction of sp³-hybridized carbons (Fsp3) is 1.00. The van der Waals surface area contributed by atoms with Crippen molar-refractivity contribution in [3.05, 3.63) is 0 Å². The van der Waals surface area contributed by atoms with Crippen molar-refractivity contribution in [1.82, 2.24) is 4.90 Å². The number of hydrogen-bond donors (Lipinski definition) is 1. The lowest BCUT2D eigenvalue weighted by atomic mass is 9.94. The summed E-state index contributed by atoms with van der Waals surface area (Å²) in [5.74, 6) is 0. The lowest BCUT2D eigenvalue weighted by Crippen LogP contribution is -2.53. The summed E-state index contributed by atoms with van der Waals surface area (Å²) in [6.45, 7) is 3.18. The Kier molecular flexibility index (Phi) is 2.49. The van der Waals surface area contributed by atoms with E-state index >= 15 is 0 Å². The Morgan fingerprint density at radius 2 is 1.80 bits per heavy atom. The number of nitrogens with two attached hydrogens (primary N) is 1. The lowest BCUT2D eigenvalue weighted by molar-refractivity contribution is 0.0280. The highest BCUT2D eigenvalue weighted by atomic mass is 16.5. The van der Waals surface area contributed by atoms with Gasteiger partial charge >= 0.3 is 0 Å². The van der Waals surface area contributed by atoms with Gasteiger partial charge in [-0.2, -0.15) is 0 Å². The first-order valence-electron chi connectivity index (χ1n) is 6.40. The Balaban J connectivity index is 1.76. The molecule has 3 heteroatoms. The van der Waals surface area contributed by atoms with E-state index in [1.165, 1.54) is 32.1 Å². The van der Waals surface area contributed by atoms with Crippen LogP contribution in [0.1, 0.15) is 39.0 Å². The maximum atomic E-state index is 6.09. The summed E-state index contributed by atoms with van der Waals surface area (Å²) in [7, 11) is 0. The molecule has 4 atom stereocenters. The Morgan fingerprint density at radius 1 is 1.13 bits per heavy atom. The molecule has 2 N–H and O–H groups in total. The van der Waals surface area contributed by atoms with Crippen LogP contribution in [0.2, 0.25) is 0 Å². The van der Waals surface area contributed by atoms with Crippen LogP contribution < -0.4 is 5.73 Å². The zero-order valence-corrected chi connectivity index (χ0v) is 9.56. The van der Waals surface area contributed by atoms with Crippen LogP contribution in [0, 0.1) is 0 Å². The highest BCUT2D eigenvalue weighted by molar-refractivity contribution is 5.01. The minimum Gasteiger partial charge on any atom is -0.377 e. The third kappa shape index (κ3) is 1.61. The predicted octanol–water partition coefficient (Wildman–Crippen LogP) is 1.12. The van der Waals surface area contributed by atoms with E-state index in [9.17, 15) is 0 Å². The van der Waals surface area contributed by atoms with Gasteiger partial charge in [0.25, 0.3) is 0 Å². The highest BCUT2D eigenvalue weighted by Crippen LogP contribution is 2.39. The molecule has 4 unspecified atom stereocenters. The summed E-state index contributed by atoms with van der Waals surface area (Å²) in [6.07, 6.45) is 6.80. The second kappa shape index (κ2) is 3.72. The molecule has 86 valence electrons. The summed E-state index contributed by atoms with van der Waals surface area (Å²) < 4.78 is 5.70. The summed E-state index contributed by atoms with van der Waals surface area (Å²) in [6, 6.07) is 2.65. The molecule has 0 radical (unpaired) electrons. The fourth-order valence-electron chi connectivity index (χ4n) is 3.91. The Hall–Kier alpha value is -0.120. The van der Waals surface area contributed by atoms with E-state index < -0.39 is 0 Å². The number of rotatable bonds is 1. The van der Waals surface area contributed by atoms with Crippen LogP contribution in [-0.2, 0) is 4.74 Å². The van der Waals surface area contributed by atoms with E-state index in [2.05, 4.69) is 11.8 Å². The molecule has 3 fully saturated rings. The summed E-state index contributed by atoms with van der Waals surface area (Å²) in [4.78, 5) is 2.75. The van der Waals surface area contributed by atoms with Crippen LogP contribution in [0.25, 0.3) is 0 Å². The topological polar surface area (TPSA) is 38.5 Å². The molecule has 0 aromatic heterocycles. The first kappa shape index (κ1) is 10.1. The van der Waals surface area contributed by atoms with Crippen molar-refractivity contribution in [3.63, 3.8) is 0 Å². The summed E-state index contributed by atoms with van der Waals surface area (Å²) in [5, 5.41) is 0. The fourth-order valence-corrected chi connectivity index (χ4v) is 3.91. The smallest absolute Gasteiger partial charge is 0.0703 e. The molecule has 0 aliphatic carbocycles. The normalized spacial score (nSPS) is 51.2. The van der Waals surface area contributed by atoms with Gasteiger partial charge in [0.05, 0.1) is 6.10 Å². The van der Waals surface area contributed by atoms with Crippen molar-refractivity contribution >= 4 is 0 Å². The third-order valence-electron chi connectivity index (χ3n) is 4.55. The molecule has 3 aliphatic heterocycles. The van der Waals surface area contributed by atoms with Crippen LogP contribution in [0.4, 0.5) is 0 Å². The van der Waals surface area contributed by atoms with Crippen LogP contribution in [0.5, 0.6) is 0 Å². The molecular formula is C12H22N2O. The van der Waals surface area contributed by atoms with Crippen molar-refractivity contribution in [3.8, 4) is 0 Å². The zero-order chi connectivity index (χ0) is 10.4. The van der Waals surface area contributed by atoms with Crippen LogP contribution in [0.3, 0.4) is 0 Å². The molecule has 0 amide bonds. The van der Waals surface area contributed by atoms with Gasteiger partial charge in [0.1, 0.15) is 0 Å². The van der Waals surface area contributed by atoms with Gasteiger partial charge in [-0.3, -0.25) is 4.90 Å². The van der Waals surface area contributed by atoms with E-state index in [0.29, 0.717) is 18.2 Å². The van der Waals surface area contributed by atoms with Gasteiger partial charge in [-0.1, -0.05) is 0 Å². The van der Waals surface area contributed by atoms with Crippen molar-refractivity contribution in [2.45, 2.75) is 69.3 Å². The van der Waals surface area contributed by atoms with Gasteiger partial charge in [-0.25, -0.2) is 0 Å². The average molecular weight is 210 g/mol. The van der Waals surface area contributed by atoms with E-state index in [4.69, 9.17) is 10.5 Å². The number of nitrogens with zero attached hydrogens (tertiary/aromatic N) is 1. The third-order valence-corrected chi connectivity index (χ3v) is 4.55. The maximum absolute atomic E-state index is 6.09. The molecule has 0 saturated carbocycles. The number of hydrogen-bond acceptors (Lipinski definition) is 3. The van der Waals surface area contributed by atoms with Gasteiger partial charge in [0.2, 0.25) is 0 Å². The van der Waals surface area contributed by atoms with Gasteiger partial charge in [0.15, 0.2) is 0 Å². The van der Waals surface area contributed by atoms with Crippen molar-refractivity contribution in [1.29, 1.82) is 0 Å². The van der Waals surface area contributed by atoms with E-state index in [-0.39, 0.29) is 0 Å². The van der Waals surface area contributed by atoms with E-state index in [1.54, 1.807) is 0 Å². The predicted molar refractivity (Wildman–Crippen MR) is 59.7 cm³/mol. The van der Waals surface area contributed by atoms with Crippen molar-refractivity contribution in [2.24, 2.45) is 5.73 Å². The monoisotopic (exact) mass is 210 g/mol. The van der Waals surface area contributed by atoms with Gasteiger partial charge in [0, 0.05) is 30.8 Å². The van der Waals surface area contributed by atoms with Gasteiger partial charge in [-0.05, 0) is 39.0 Å². The lowest BCUT2D eigenvalue weighted by Gasteiger charge is -2.42.